The van der Waals surface area contributed by atoms with E-state index in [1.165, 1.54) is 52.8 Å². The number of benzene rings is 6. The Kier molecular flexibility index (Phi) is 4.18. The van der Waals surface area contributed by atoms with Crippen molar-refractivity contribution in [3.8, 4) is 11.4 Å². The molecule has 182 valence electrons. The minimum atomic E-state index is 0.871. The Balaban J connectivity index is 1.45. The first kappa shape index (κ1) is 21.0. The predicted molar refractivity (Wildman–Crippen MR) is 164 cm³/mol. The molecule has 0 N–H and O–H groups in total. The highest BCUT2D eigenvalue weighted by atomic mass is 32.1. The smallest absolute Gasteiger partial charge is 0.115 e. The first-order chi connectivity index (χ1) is 19.3. The van der Waals surface area contributed by atoms with Gasteiger partial charge >= 0.3 is 0 Å². The molecular weight excluding hydrogens is 496 g/mol. The largest absolute Gasteiger partial charge is 0.308 e. The number of rotatable bonds is 2. The zero-order chi connectivity index (χ0) is 25.5. The molecule has 0 unspecified atom stereocenters. The van der Waals surface area contributed by atoms with Gasteiger partial charge in [-0.05, 0) is 53.2 Å². The average molecular weight is 517 g/mol. The van der Waals surface area contributed by atoms with Crippen molar-refractivity contribution in [3.05, 3.63) is 121 Å². The monoisotopic (exact) mass is 516 g/mol. The summed E-state index contributed by atoms with van der Waals surface area (Å²) in [4.78, 5) is 1.72. The molecule has 39 heavy (non-hydrogen) atoms. The summed E-state index contributed by atoms with van der Waals surface area (Å²) in [7, 11) is 0. The van der Waals surface area contributed by atoms with Gasteiger partial charge in [0, 0.05) is 31.9 Å². The van der Waals surface area contributed by atoms with Gasteiger partial charge in [0.25, 0.3) is 0 Å². The lowest BCUT2D eigenvalue weighted by Gasteiger charge is -2.10. The number of hydrogen-bond acceptors (Lipinski definition) is 3. The molecule has 9 rings (SSSR count). The molecule has 6 aromatic carbocycles. The van der Waals surface area contributed by atoms with E-state index in [9.17, 15) is 0 Å². The maximum Gasteiger partial charge on any atom is 0.115 e. The Morgan fingerprint density at radius 2 is 1.18 bits per heavy atom. The van der Waals surface area contributed by atoms with Gasteiger partial charge in [-0.25, -0.2) is 0 Å². The van der Waals surface area contributed by atoms with Crippen molar-refractivity contribution in [3.63, 3.8) is 0 Å². The topological polar surface area (TPSA) is 35.6 Å². The minimum absolute atomic E-state index is 0.871. The second-order valence-corrected chi connectivity index (χ2v) is 11.0. The number of para-hydroxylation sites is 2. The summed E-state index contributed by atoms with van der Waals surface area (Å²) in [6, 6.07) is 42.9. The number of fused-ring (bicyclic) bond motifs is 11. The molecule has 0 fully saturated rings. The first-order valence-corrected chi connectivity index (χ1v) is 13.8. The van der Waals surface area contributed by atoms with E-state index in [4.69, 9.17) is 10.2 Å². The van der Waals surface area contributed by atoms with E-state index in [2.05, 4.69) is 95.6 Å². The Bertz CT molecular complexity index is 2390. The van der Waals surface area contributed by atoms with Gasteiger partial charge in [0.1, 0.15) is 11.0 Å². The summed E-state index contributed by atoms with van der Waals surface area (Å²) in [6.07, 6.45) is 0. The van der Waals surface area contributed by atoms with E-state index in [1.54, 1.807) is 4.80 Å². The van der Waals surface area contributed by atoms with Crippen LogP contribution in [0.25, 0.3) is 75.2 Å². The van der Waals surface area contributed by atoms with Crippen LogP contribution in [-0.2, 0) is 0 Å². The van der Waals surface area contributed by atoms with Crippen LogP contribution < -0.4 is 0 Å². The van der Waals surface area contributed by atoms with Crippen LogP contribution in [0.15, 0.2) is 121 Å². The predicted octanol–water partition coefficient (Wildman–Crippen LogP) is 9.04. The van der Waals surface area contributed by atoms with Crippen LogP contribution in [0.3, 0.4) is 0 Å². The third kappa shape index (κ3) is 2.88. The van der Waals surface area contributed by atoms with Crippen LogP contribution in [0, 0.1) is 0 Å². The minimum Gasteiger partial charge on any atom is -0.308 e. The molecule has 4 nitrogen and oxygen atoms in total. The summed E-state index contributed by atoms with van der Waals surface area (Å²) in [6.45, 7) is 0. The fourth-order valence-electron chi connectivity index (χ4n) is 6.11. The Labute approximate surface area is 226 Å². The van der Waals surface area contributed by atoms with Crippen molar-refractivity contribution >= 4 is 75.1 Å². The van der Waals surface area contributed by atoms with E-state index < -0.39 is 0 Å². The zero-order valence-electron chi connectivity index (χ0n) is 20.7. The van der Waals surface area contributed by atoms with Crippen molar-refractivity contribution < 1.29 is 0 Å². The summed E-state index contributed by atoms with van der Waals surface area (Å²) < 4.78 is 5.05. The van der Waals surface area contributed by atoms with E-state index in [0.29, 0.717) is 0 Å². The van der Waals surface area contributed by atoms with E-state index in [1.807, 2.05) is 41.7 Å². The molecule has 3 heterocycles. The number of thiophene rings is 1. The molecule has 0 atom stereocenters. The molecule has 3 aromatic heterocycles. The van der Waals surface area contributed by atoms with Crippen molar-refractivity contribution in [2.45, 2.75) is 0 Å². The number of nitrogens with zero attached hydrogens (tertiary/aromatic N) is 4. The van der Waals surface area contributed by atoms with Gasteiger partial charge in [-0.15, -0.1) is 21.5 Å². The Morgan fingerprint density at radius 1 is 0.513 bits per heavy atom. The summed E-state index contributed by atoms with van der Waals surface area (Å²) in [5.74, 6) is 0. The normalized spacial score (nSPS) is 12.1. The lowest BCUT2D eigenvalue weighted by molar-refractivity contribution is 0.766. The molecule has 0 saturated carbocycles. The third-order valence-corrected chi connectivity index (χ3v) is 8.94. The lowest BCUT2D eigenvalue weighted by atomic mass is 9.99. The van der Waals surface area contributed by atoms with Crippen molar-refractivity contribution in [2.75, 3.05) is 0 Å². The number of aromatic nitrogens is 4. The van der Waals surface area contributed by atoms with Gasteiger partial charge in [-0.2, -0.15) is 4.80 Å². The third-order valence-electron chi connectivity index (χ3n) is 7.76. The molecule has 9 aromatic rings. The van der Waals surface area contributed by atoms with Crippen molar-refractivity contribution in [2.24, 2.45) is 0 Å². The molecule has 0 aliphatic carbocycles. The molecule has 0 amide bonds. The SMILES string of the molecule is c1ccc(-n2nc3ccc(-n4c5ccccc5c5c6ccccc6c6c7ccccc7sc6c54)cc3n2)cc1. The van der Waals surface area contributed by atoms with Gasteiger partial charge in [-0.1, -0.05) is 78.9 Å². The second kappa shape index (κ2) is 7.76. The highest BCUT2D eigenvalue weighted by molar-refractivity contribution is 7.27. The van der Waals surface area contributed by atoms with E-state index >= 15 is 0 Å². The molecule has 0 bridgehead atoms. The van der Waals surface area contributed by atoms with Crippen LogP contribution in [0.4, 0.5) is 0 Å². The highest BCUT2D eigenvalue weighted by Gasteiger charge is 2.21. The van der Waals surface area contributed by atoms with Crippen molar-refractivity contribution in [1.82, 2.24) is 19.6 Å². The summed E-state index contributed by atoms with van der Waals surface area (Å²) >= 11 is 1.88. The summed E-state index contributed by atoms with van der Waals surface area (Å²) in [5, 5.41) is 17.4. The first-order valence-electron chi connectivity index (χ1n) is 13.0. The quantitative estimate of drug-likeness (QED) is 0.230. The molecule has 5 heteroatoms. The van der Waals surface area contributed by atoms with E-state index in [-0.39, 0.29) is 0 Å². The van der Waals surface area contributed by atoms with Gasteiger partial charge in [0.05, 0.1) is 21.4 Å². The van der Waals surface area contributed by atoms with Gasteiger partial charge in [0.2, 0.25) is 0 Å². The van der Waals surface area contributed by atoms with Crippen molar-refractivity contribution in [1.29, 1.82) is 0 Å². The van der Waals surface area contributed by atoms with Crippen LogP contribution in [0.1, 0.15) is 0 Å². The fraction of sp³-hybridized carbons (Fsp3) is 0. The zero-order valence-corrected chi connectivity index (χ0v) is 21.6. The molecule has 0 aliphatic rings. The highest BCUT2D eigenvalue weighted by Crippen LogP contribution is 2.47. The second-order valence-electron chi connectivity index (χ2n) is 9.92. The van der Waals surface area contributed by atoms with Gasteiger partial charge in [-0.3, -0.25) is 0 Å². The molecular formula is C34H20N4S. The van der Waals surface area contributed by atoms with Crippen LogP contribution in [0.2, 0.25) is 0 Å². The molecule has 0 saturated heterocycles. The van der Waals surface area contributed by atoms with Crippen LogP contribution in [-0.4, -0.2) is 19.6 Å². The molecule has 0 spiro atoms. The number of hydrogen-bond donors (Lipinski definition) is 0. The fourth-order valence-corrected chi connectivity index (χ4v) is 7.37. The standard InChI is InChI=1S/C34H20N4S/c1-2-10-21(11-3-1)38-35-27-19-18-22(20-28(27)36-38)37-29-16-8-6-14-25(29)31-23-12-4-5-13-24(23)32-26-15-7-9-17-30(26)39-34(32)33(31)37/h1-20H. The maximum absolute atomic E-state index is 4.86. The van der Waals surface area contributed by atoms with Gasteiger partial charge in [0.15, 0.2) is 0 Å². The summed E-state index contributed by atoms with van der Waals surface area (Å²) in [5.41, 5.74) is 6.23. The molecule has 0 radical (unpaired) electrons. The lowest BCUT2D eigenvalue weighted by Crippen LogP contribution is -1.97. The van der Waals surface area contributed by atoms with E-state index in [0.717, 1.165) is 22.4 Å². The maximum atomic E-state index is 4.86. The Hall–Kier alpha value is -5.00. The van der Waals surface area contributed by atoms with Crippen LogP contribution in [0.5, 0.6) is 0 Å². The average Bonchev–Trinajstić information content (AvgIpc) is 3.69. The van der Waals surface area contributed by atoms with Crippen LogP contribution >= 0.6 is 11.3 Å². The van der Waals surface area contributed by atoms with Gasteiger partial charge < -0.3 is 4.57 Å². The Morgan fingerprint density at radius 3 is 2.03 bits per heavy atom. The molecule has 0 aliphatic heterocycles.